The molecule has 2 aliphatic carbocycles. The number of carbonyl (C=O) groups excluding carboxylic acids is 1. The Morgan fingerprint density at radius 1 is 1.47 bits per heavy atom. The predicted molar refractivity (Wildman–Crippen MR) is 76.8 cm³/mol. The summed E-state index contributed by atoms with van der Waals surface area (Å²) in [5, 5.41) is 18.0. The zero-order valence-corrected chi connectivity index (χ0v) is 12.1. The fourth-order valence-electron chi connectivity index (χ4n) is 2.38. The van der Waals surface area contributed by atoms with E-state index in [1.165, 1.54) is 30.3 Å². The number of allylic oxidation sites excluding steroid dienone is 2. The third-order valence-corrected chi connectivity index (χ3v) is 4.58. The summed E-state index contributed by atoms with van der Waals surface area (Å²) >= 11 is 1.40. The molecule has 1 saturated carbocycles. The van der Waals surface area contributed by atoms with Crippen molar-refractivity contribution in [2.24, 2.45) is 0 Å². The molecule has 0 bridgehead atoms. The fourth-order valence-corrected chi connectivity index (χ4v) is 3.18. The van der Waals surface area contributed by atoms with Crippen molar-refractivity contribution in [1.29, 1.82) is 0 Å². The van der Waals surface area contributed by atoms with Crippen LogP contribution >= 0.6 is 11.8 Å². The monoisotopic (exact) mass is 285 g/mol. The van der Waals surface area contributed by atoms with E-state index in [0.717, 1.165) is 25.7 Å². The topological polar surface area (TPSA) is 60.8 Å². The summed E-state index contributed by atoms with van der Waals surface area (Å²) < 4.78 is 0. The van der Waals surface area contributed by atoms with Crippen molar-refractivity contribution in [1.82, 2.24) is 4.90 Å². The maximum Gasteiger partial charge on any atom is 0.236 e. The first-order valence-corrected chi connectivity index (χ1v) is 8.25. The SMILES string of the molecule is O=C(CSCC(O)CO)N(C1=CCCCC1)C1CC1. The molecule has 1 unspecified atom stereocenters. The van der Waals surface area contributed by atoms with Gasteiger partial charge in [0.1, 0.15) is 0 Å². The second-order valence-electron chi connectivity index (χ2n) is 5.29. The molecule has 0 aromatic carbocycles. The van der Waals surface area contributed by atoms with Crippen LogP contribution in [0.1, 0.15) is 38.5 Å². The minimum absolute atomic E-state index is 0.158. The second-order valence-corrected chi connectivity index (χ2v) is 6.32. The van der Waals surface area contributed by atoms with Crippen LogP contribution in [-0.4, -0.2) is 51.3 Å². The largest absolute Gasteiger partial charge is 0.394 e. The van der Waals surface area contributed by atoms with Crippen LogP contribution in [0.15, 0.2) is 11.8 Å². The molecular formula is C14H23NO3S. The fraction of sp³-hybridized carbons (Fsp3) is 0.786. The average Bonchev–Trinajstić information content (AvgIpc) is 3.24. The lowest BCUT2D eigenvalue weighted by atomic mass is 10.0. The Balaban J connectivity index is 1.84. The lowest BCUT2D eigenvalue weighted by Crippen LogP contribution is -2.34. The van der Waals surface area contributed by atoms with E-state index >= 15 is 0 Å². The van der Waals surface area contributed by atoms with Gasteiger partial charge in [-0.15, -0.1) is 11.8 Å². The highest BCUT2D eigenvalue weighted by Gasteiger charge is 2.34. The zero-order chi connectivity index (χ0) is 13.7. The quantitative estimate of drug-likeness (QED) is 0.744. The van der Waals surface area contributed by atoms with E-state index in [0.29, 0.717) is 17.5 Å². The molecule has 0 aromatic rings. The first-order chi connectivity index (χ1) is 9.22. The summed E-state index contributed by atoms with van der Waals surface area (Å²) in [4.78, 5) is 14.3. The van der Waals surface area contributed by atoms with Crippen LogP contribution in [0.3, 0.4) is 0 Å². The third kappa shape index (κ3) is 4.51. The Labute approximate surface area is 118 Å². The lowest BCUT2D eigenvalue weighted by molar-refractivity contribution is -0.127. The Bertz CT molecular complexity index is 342. The molecule has 0 heterocycles. The zero-order valence-electron chi connectivity index (χ0n) is 11.3. The molecule has 2 N–H and O–H groups in total. The Hall–Kier alpha value is -0.520. The van der Waals surface area contributed by atoms with Crippen molar-refractivity contribution in [2.75, 3.05) is 18.1 Å². The molecule has 2 rings (SSSR count). The molecule has 4 nitrogen and oxygen atoms in total. The third-order valence-electron chi connectivity index (χ3n) is 3.50. The van der Waals surface area contributed by atoms with Crippen LogP contribution in [0.4, 0.5) is 0 Å². The molecule has 0 aliphatic heterocycles. The van der Waals surface area contributed by atoms with Gasteiger partial charge < -0.3 is 15.1 Å². The van der Waals surface area contributed by atoms with E-state index in [-0.39, 0.29) is 12.5 Å². The first-order valence-electron chi connectivity index (χ1n) is 7.10. The number of carbonyl (C=O) groups is 1. The summed E-state index contributed by atoms with van der Waals surface area (Å²) in [7, 11) is 0. The average molecular weight is 285 g/mol. The summed E-state index contributed by atoms with van der Waals surface area (Å²) in [5.74, 6) is 0.968. The van der Waals surface area contributed by atoms with E-state index in [1.54, 1.807) is 0 Å². The highest BCUT2D eigenvalue weighted by atomic mass is 32.2. The Kier molecular flexibility index (Phi) is 5.73. The van der Waals surface area contributed by atoms with Crippen molar-refractivity contribution < 1.29 is 15.0 Å². The molecule has 108 valence electrons. The van der Waals surface area contributed by atoms with Gasteiger partial charge >= 0.3 is 0 Å². The van der Waals surface area contributed by atoms with Gasteiger partial charge in [-0.2, -0.15) is 0 Å². The van der Waals surface area contributed by atoms with Crippen LogP contribution in [-0.2, 0) is 4.79 Å². The number of aliphatic hydroxyl groups is 2. The minimum atomic E-state index is -0.721. The van der Waals surface area contributed by atoms with Gasteiger partial charge in [0.2, 0.25) is 5.91 Å². The van der Waals surface area contributed by atoms with Crippen LogP contribution in [0.2, 0.25) is 0 Å². The smallest absolute Gasteiger partial charge is 0.236 e. The molecule has 1 atom stereocenters. The summed E-state index contributed by atoms with van der Waals surface area (Å²) in [6.45, 7) is -0.237. The van der Waals surface area contributed by atoms with E-state index in [2.05, 4.69) is 6.08 Å². The Morgan fingerprint density at radius 2 is 2.26 bits per heavy atom. The molecule has 2 aliphatic rings. The van der Waals surface area contributed by atoms with Crippen LogP contribution < -0.4 is 0 Å². The lowest BCUT2D eigenvalue weighted by Gasteiger charge is -2.27. The highest BCUT2D eigenvalue weighted by molar-refractivity contribution is 7.99. The van der Waals surface area contributed by atoms with Gasteiger partial charge in [0.15, 0.2) is 0 Å². The van der Waals surface area contributed by atoms with Crippen molar-refractivity contribution in [3.63, 3.8) is 0 Å². The number of hydrogen-bond donors (Lipinski definition) is 2. The van der Waals surface area contributed by atoms with Crippen LogP contribution in [0, 0.1) is 0 Å². The number of thioether (sulfide) groups is 1. The molecule has 1 fully saturated rings. The van der Waals surface area contributed by atoms with Gasteiger partial charge in [0.25, 0.3) is 0 Å². The van der Waals surface area contributed by atoms with Gasteiger partial charge in [-0.1, -0.05) is 6.08 Å². The van der Waals surface area contributed by atoms with Crippen LogP contribution in [0.25, 0.3) is 0 Å². The van der Waals surface area contributed by atoms with Gasteiger partial charge in [-0.25, -0.2) is 0 Å². The number of aliphatic hydroxyl groups excluding tert-OH is 2. The highest BCUT2D eigenvalue weighted by Crippen LogP contribution is 2.34. The molecular weight excluding hydrogens is 262 g/mol. The molecule has 0 saturated heterocycles. The van der Waals surface area contributed by atoms with Crippen LogP contribution in [0.5, 0.6) is 0 Å². The number of nitrogens with zero attached hydrogens (tertiary/aromatic N) is 1. The Morgan fingerprint density at radius 3 is 2.84 bits per heavy atom. The number of rotatable bonds is 7. The number of hydrogen-bond acceptors (Lipinski definition) is 4. The molecule has 19 heavy (non-hydrogen) atoms. The maximum atomic E-state index is 12.3. The number of amides is 1. The molecule has 0 spiro atoms. The minimum Gasteiger partial charge on any atom is -0.394 e. The van der Waals surface area contributed by atoms with E-state index in [4.69, 9.17) is 5.11 Å². The van der Waals surface area contributed by atoms with E-state index in [9.17, 15) is 9.90 Å². The summed E-state index contributed by atoms with van der Waals surface area (Å²) in [6.07, 6.45) is 8.24. The van der Waals surface area contributed by atoms with Crippen molar-refractivity contribution in [3.05, 3.63) is 11.8 Å². The van der Waals surface area contributed by atoms with E-state index in [1.807, 2.05) is 4.90 Å². The standard InChI is InChI=1S/C14H23NO3S/c16-8-13(17)9-19-10-14(18)15(12-6-7-12)11-4-2-1-3-5-11/h4,12-13,16-17H,1-3,5-10H2. The van der Waals surface area contributed by atoms with Gasteiger partial charge in [0.05, 0.1) is 18.5 Å². The normalized spacial score (nSPS) is 20.8. The van der Waals surface area contributed by atoms with Gasteiger partial charge in [0, 0.05) is 17.5 Å². The van der Waals surface area contributed by atoms with Gasteiger partial charge in [-0.3, -0.25) is 4.79 Å². The predicted octanol–water partition coefficient (Wildman–Crippen LogP) is 1.52. The maximum absolute atomic E-state index is 12.3. The van der Waals surface area contributed by atoms with Crippen molar-refractivity contribution >= 4 is 17.7 Å². The summed E-state index contributed by atoms with van der Waals surface area (Å²) in [5.41, 5.74) is 1.21. The summed E-state index contributed by atoms with van der Waals surface area (Å²) in [6, 6.07) is 0.417. The second kappa shape index (κ2) is 7.31. The molecule has 0 radical (unpaired) electrons. The molecule has 1 amide bonds. The van der Waals surface area contributed by atoms with Gasteiger partial charge in [-0.05, 0) is 38.5 Å². The van der Waals surface area contributed by atoms with Crippen molar-refractivity contribution in [3.8, 4) is 0 Å². The first kappa shape index (κ1) is 14.9. The van der Waals surface area contributed by atoms with Crippen molar-refractivity contribution in [2.45, 2.75) is 50.7 Å². The van der Waals surface area contributed by atoms with E-state index < -0.39 is 6.10 Å². The molecule has 0 aromatic heterocycles. The molecule has 5 heteroatoms.